The van der Waals surface area contributed by atoms with Crippen molar-refractivity contribution in [2.24, 2.45) is 0 Å². The van der Waals surface area contributed by atoms with Gasteiger partial charge in [-0.25, -0.2) is 0 Å². The van der Waals surface area contributed by atoms with E-state index in [1.54, 1.807) is 20.2 Å². The van der Waals surface area contributed by atoms with Crippen molar-refractivity contribution < 1.29 is 23.6 Å². The van der Waals surface area contributed by atoms with Crippen molar-refractivity contribution in [3.63, 3.8) is 0 Å². The summed E-state index contributed by atoms with van der Waals surface area (Å²) in [4.78, 5) is 0. The third-order valence-electron chi connectivity index (χ3n) is 0.192. The van der Waals surface area contributed by atoms with Crippen LogP contribution in [0, 0.1) is 0 Å². The Morgan fingerprint density at radius 2 is 1.80 bits per heavy atom. The van der Waals surface area contributed by atoms with Crippen LogP contribution in [-0.4, -0.2) is 6.10 Å². The van der Waals surface area contributed by atoms with Gasteiger partial charge in [-0.15, -0.1) is 0 Å². The summed E-state index contributed by atoms with van der Waals surface area (Å²) in [5.41, 5.74) is 0. The van der Waals surface area contributed by atoms with Crippen molar-refractivity contribution in [2.45, 2.75) is 20.0 Å². The van der Waals surface area contributed by atoms with Crippen molar-refractivity contribution in [1.29, 1.82) is 0 Å². The first-order valence-corrected chi connectivity index (χ1v) is 2.38. The third kappa shape index (κ3) is 4.65. The molecule has 0 heterocycles. The maximum atomic E-state index is 4.76. The van der Waals surface area contributed by atoms with E-state index in [1.165, 1.54) is 0 Å². The Labute approximate surface area is 44.1 Å². The molecule has 0 aliphatic heterocycles. The molecule has 0 aromatic carbocycles. The van der Waals surface area contributed by atoms with E-state index in [-0.39, 0.29) is 0 Å². The summed E-state index contributed by atoms with van der Waals surface area (Å²) in [7, 11) is 0. The van der Waals surface area contributed by atoms with E-state index in [0.29, 0.717) is 6.10 Å². The van der Waals surface area contributed by atoms with Gasteiger partial charge in [-0.3, -0.25) is 0 Å². The maximum absolute atomic E-state index is 4.76. The molecule has 0 N–H and O–H groups in total. The monoisotopic (exact) mass is 157 g/mol. The first-order valence-electron chi connectivity index (χ1n) is 1.56. The average molecular weight is 155 g/mol. The predicted molar refractivity (Wildman–Crippen MR) is 16.2 cm³/mol. The Kier molecular flexibility index (Phi) is 3.23. The van der Waals surface area contributed by atoms with Gasteiger partial charge in [0.05, 0.1) is 0 Å². The number of hydrogen-bond donors (Lipinski definition) is 0. The van der Waals surface area contributed by atoms with Gasteiger partial charge in [0, 0.05) is 0 Å². The van der Waals surface area contributed by atoms with Gasteiger partial charge in [0.2, 0.25) is 0 Å². The Balaban J connectivity index is 2.54. The van der Waals surface area contributed by atoms with Crippen LogP contribution in [-0.2, 0) is 23.6 Å². The summed E-state index contributed by atoms with van der Waals surface area (Å²) in [6, 6.07) is 0. The average Bonchev–Trinajstić information content (AvgIpc) is 1.38. The molecule has 0 amide bonds. The second-order valence-corrected chi connectivity index (χ2v) is 1.62. The van der Waals surface area contributed by atoms with Crippen molar-refractivity contribution in [2.75, 3.05) is 0 Å². The normalized spacial score (nSPS) is 9.40. The molecule has 0 unspecified atom stereocenters. The Morgan fingerprint density at radius 1 is 1.60 bits per heavy atom. The van der Waals surface area contributed by atoms with Gasteiger partial charge in [-0.05, 0) is 0 Å². The van der Waals surface area contributed by atoms with Crippen LogP contribution in [0.25, 0.3) is 0 Å². The van der Waals surface area contributed by atoms with Crippen molar-refractivity contribution in [3.05, 3.63) is 0 Å². The molecule has 0 saturated carbocycles. The molecule has 0 aliphatic rings. The van der Waals surface area contributed by atoms with Crippen LogP contribution in [0.15, 0.2) is 0 Å². The molecule has 0 spiro atoms. The van der Waals surface area contributed by atoms with Gasteiger partial charge in [0.15, 0.2) is 0 Å². The second kappa shape index (κ2) is 2.86. The molecule has 0 atom stereocenters. The predicted octanol–water partition coefficient (Wildman–Crippen LogP) is 0.873. The Bertz CT molecular complexity index is 20.9. The summed E-state index contributed by atoms with van der Waals surface area (Å²) >= 11 is 1.64. The van der Waals surface area contributed by atoms with E-state index in [0.717, 1.165) is 0 Å². The minimum absolute atomic E-state index is 0.389. The summed E-state index contributed by atoms with van der Waals surface area (Å²) in [6.45, 7) is 4.00. The quantitative estimate of drug-likeness (QED) is 0.510. The standard InChI is InChI=1S/C3H7O.Mo/c1-3(2)4;/h3H,1-2H3;/q-1;+1. The van der Waals surface area contributed by atoms with Crippen LogP contribution in [0.1, 0.15) is 13.8 Å². The summed E-state index contributed by atoms with van der Waals surface area (Å²) in [5.74, 6) is 0. The van der Waals surface area contributed by atoms with E-state index < -0.39 is 0 Å². The van der Waals surface area contributed by atoms with Crippen molar-refractivity contribution in [1.82, 2.24) is 0 Å². The number of hydrogen-bond acceptors (Lipinski definition) is 1. The number of rotatable bonds is 1. The molecule has 0 aromatic rings. The third-order valence-corrected chi connectivity index (χ3v) is 1.14. The van der Waals surface area contributed by atoms with Gasteiger partial charge in [-0.2, -0.15) is 0 Å². The van der Waals surface area contributed by atoms with Gasteiger partial charge >= 0.3 is 43.5 Å². The molecule has 0 saturated heterocycles. The van der Waals surface area contributed by atoms with Crippen LogP contribution in [0.4, 0.5) is 0 Å². The van der Waals surface area contributed by atoms with Crippen molar-refractivity contribution in [3.8, 4) is 0 Å². The second-order valence-electron chi connectivity index (χ2n) is 1.14. The Morgan fingerprint density at radius 3 is 1.80 bits per heavy atom. The van der Waals surface area contributed by atoms with Gasteiger partial charge in [-0.1, -0.05) is 0 Å². The zero-order chi connectivity index (χ0) is 4.28. The molecule has 31 valence electrons. The van der Waals surface area contributed by atoms with E-state index >= 15 is 0 Å². The molecule has 0 bridgehead atoms. The summed E-state index contributed by atoms with van der Waals surface area (Å²) in [5, 5.41) is 0. The van der Waals surface area contributed by atoms with E-state index in [9.17, 15) is 0 Å². The zero-order valence-electron chi connectivity index (χ0n) is 3.39. The fourth-order valence-electron chi connectivity index (χ4n) is 0. The molecule has 0 radical (unpaired) electrons. The molecule has 5 heavy (non-hydrogen) atoms. The molecule has 0 aliphatic carbocycles. The van der Waals surface area contributed by atoms with Crippen molar-refractivity contribution >= 4 is 0 Å². The van der Waals surface area contributed by atoms with Crippen LogP contribution < -0.4 is 0 Å². The van der Waals surface area contributed by atoms with Crippen LogP contribution in [0.5, 0.6) is 0 Å². The van der Waals surface area contributed by atoms with Crippen LogP contribution in [0.2, 0.25) is 0 Å². The summed E-state index contributed by atoms with van der Waals surface area (Å²) < 4.78 is 4.76. The van der Waals surface area contributed by atoms with Gasteiger partial charge < -0.3 is 0 Å². The molecule has 0 rings (SSSR count). The SMILES string of the molecule is CC(C)[O][Mo]. The van der Waals surface area contributed by atoms with Gasteiger partial charge in [0.1, 0.15) is 0 Å². The molecule has 2 heteroatoms. The topological polar surface area (TPSA) is 9.23 Å². The van der Waals surface area contributed by atoms with Crippen LogP contribution in [0.3, 0.4) is 0 Å². The zero-order valence-corrected chi connectivity index (χ0v) is 5.40. The first kappa shape index (κ1) is 5.65. The minimum atomic E-state index is 0.389. The molecule has 0 fully saturated rings. The fraction of sp³-hybridized carbons (Fsp3) is 1.00. The van der Waals surface area contributed by atoms with Gasteiger partial charge in [0.25, 0.3) is 0 Å². The first-order chi connectivity index (χ1) is 2.27. The van der Waals surface area contributed by atoms with E-state index in [2.05, 4.69) is 0 Å². The molecule has 1 nitrogen and oxygen atoms in total. The Hall–Kier alpha value is 0.648. The summed E-state index contributed by atoms with van der Waals surface area (Å²) in [6.07, 6.45) is 0.389. The molecular weight excluding hydrogens is 148 g/mol. The molecular formula is C3H7MoO. The van der Waals surface area contributed by atoms with E-state index in [1.807, 2.05) is 13.8 Å². The van der Waals surface area contributed by atoms with E-state index in [4.69, 9.17) is 3.39 Å². The molecule has 0 aromatic heterocycles. The van der Waals surface area contributed by atoms with Crippen LogP contribution >= 0.6 is 0 Å². The fourth-order valence-corrected chi connectivity index (χ4v) is 0.